The van der Waals surface area contributed by atoms with Gasteiger partial charge in [0, 0.05) is 37.6 Å². The Morgan fingerprint density at radius 3 is 2.69 bits per heavy atom. The maximum Gasteiger partial charge on any atom is 0.317 e. The molecule has 0 spiro atoms. The Bertz CT molecular complexity index is 606. The highest BCUT2D eigenvalue weighted by Crippen LogP contribution is 2.26. The van der Waals surface area contributed by atoms with Crippen molar-refractivity contribution in [2.75, 3.05) is 39.0 Å². The van der Waals surface area contributed by atoms with E-state index in [-0.39, 0.29) is 6.03 Å². The van der Waals surface area contributed by atoms with E-state index in [0.29, 0.717) is 13.0 Å². The third-order valence-electron chi connectivity index (χ3n) is 5.56. The molecule has 0 saturated carbocycles. The number of nitrogens with one attached hydrogen (secondary N) is 1. The average Bonchev–Trinajstić information content (AvgIpc) is 3.13. The van der Waals surface area contributed by atoms with Crippen molar-refractivity contribution < 1.29 is 9.90 Å². The second-order valence-electron chi connectivity index (χ2n) is 7.52. The Morgan fingerprint density at radius 1 is 1.15 bits per heavy atom. The average molecular weight is 378 g/mol. The highest BCUT2D eigenvalue weighted by atomic mass is 32.2. The van der Waals surface area contributed by atoms with Crippen LogP contribution in [0.3, 0.4) is 0 Å². The number of amides is 2. The van der Waals surface area contributed by atoms with Crippen molar-refractivity contribution in [2.45, 2.75) is 49.1 Å². The van der Waals surface area contributed by atoms with Crippen LogP contribution in [0.1, 0.15) is 37.7 Å². The maximum absolute atomic E-state index is 12.2. The van der Waals surface area contributed by atoms with Crippen LogP contribution >= 0.6 is 11.8 Å². The summed E-state index contributed by atoms with van der Waals surface area (Å²) in [7, 11) is 0. The standard InChI is InChI=1S/C20H31N3O2S/c1-26-18-8-3-2-7-17(18)15-22-11-6-9-20(25,10-14-22)16-21-19(24)23-12-4-5-13-23/h2-3,7-8,25H,4-6,9-16H2,1H3,(H,21,24)/t20-/m1/s1. The third-order valence-corrected chi connectivity index (χ3v) is 6.40. The monoisotopic (exact) mass is 377 g/mol. The first kappa shape index (κ1) is 19.5. The van der Waals surface area contributed by atoms with Gasteiger partial charge >= 0.3 is 6.03 Å². The Balaban J connectivity index is 1.51. The van der Waals surface area contributed by atoms with E-state index in [2.05, 4.69) is 40.7 Å². The number of likely N-dealkylation sites (tertiary alicyclic amines) is 2. The number of nitrogens with zero attached hydrogens (tertiary/aromatic N) is 2. The molecule has 0 unspecified atom stereocenters. The van der Waals surface area contributed by atoms with Crippen molar-refractivity contribution in [3.05, 3.63) is 29.8 Å². The molecular weight excluding hydrogens is 346 g/mol. The second-order valence-corrected chi connectivity index (χ2v) is 8.37. The number of urea groups is 1. The van der Waals surface area contributed by atoms with Crippen molar-refractivity contribution in [2.24, 2.45) is 0 Å². The summed E-state index contributed by atoms with van der Waals surface area (Å²) in [6.07, 6.45) is 6.69. The maximum atomic E-state index is 12.2. The number of hydrogen-bond donors (Lipinski definition) is 2. The second kappa shape index (κ2) is 9.11. The van der Waals surface area contributed by atoms with E-state index in [1.165, 1.54) is 10.5 Å². The van der Waals surface area contributed by atoms with Gasteiger partial charge in [-0.25, -0.2) is 4.79 Å². The SMILES string of the molecule is CSc1ccccc1CN1CCC[C@](O)(CNC(=O)N2CCCC2)CC1. The molecular formula is C20H31N3O2S. The summed E-state index contributed by atoms with van der Waals surface area (Å²) in [6.45, 7) is 4.81. The molecule has 2 heterocycles. The molecule has 0 radical (unpaired) electrons. The van der Waals surface area contributed by atoms with Crippen LogP contribution in [-0.4, -0.2) is 65.5 Å². The number of rotatable bonds is 5. The Kier molecular flexibility index (Phi) is 6.84. The van der Waals surface area contributed by atoms with Crippen LogP contribution in [0.5, 0.6) is 0 Å². The number of benzene rings is 1. The summed E-state index contributed by atoms with van der Waals surface area (Å²) in [5, 5.41) is 13.9. The van der Waals surface area contributed by atoms with Crippen molar-refractivity contribution in [1.29, 1.82) is 0 Å². The molecule has 1 aromatic carbocycles. The van der Waals surface area contributed by atoms with Crippen molar-refractivity contribution in [3.63, 3.8) is 0 Å². The van der Waals surface area contributed by atoms with Gasteiger partial charge in [0.25, 0.3) is 0 Å². The summed E-state index contributed by atoms with van der Waals surface area (Å²) in [6, 6.07) is 8.52. The van der Waals surface area contributed by atoms with Crippen LogP contribution < -0.4 is 5.32 Å². The highest BCUT2D eigenvalue weighted by Gasteiger charge is 2.31. The van der Waals surface area contributed by atoms with Gasteiger partial charge in [-0.05, 0) is 56.5 Å². The van der Waals surface area contributed by atoms with Gasteiger partial charge in [0.05, 0.1) is 5.60 Å². The van der Waals surface area contributed by atoms with Gasteiger partial charge in [0.1, 0.15) is 0 Å². The molecule has 2 N–H and O–H groups in total. The smallest absolute Gasteiger partial charge is 0.317 e. The van der Waals surface area contributed by atoms with Gasteiger partial charge in [-0.2, -0.15) is 0 Å². The first-order chi connectivity index (χ1) is 12.6. The Morgan fingerprint density at radius 2 is 1.92 bits per heavy atom. The molecule has 3 rings (SSSR count). The van der Waals surface area contributed by atoms with Gasteiger partial charge in [-0.1, -0.05) is 18.2 Å². The van der Waals surface area contributed by atoms with E-state index in [4.69, 9.17) is 0 Å². The molecule has 0 aliphatic carbocycles. The number of carbonyl (C=O) groups excluding carboxylic acids is 1. The number of thioether (sulfide) groups is 1. The number of hydrogen-bond acceptors (Lipinski definition) is 4. The van der Waals surface area contributed by atoms with Crippen LogP contribution in [0.2, 0.25) is 0 Å². The quantitative estimate of drug-likeness (QED) is 0.775. The predicted molar refractivity (Wildman–Crippen MR) is 107 cm³/mol. The highest BCUT2D eigenvalue weighted by molar-refractivity contribution is 7.98. The van der Waals surface area contributed by atoms with Crippen LogP contribution in [0.15, 0.2) is 29.2 Å². The van der Waals surface area contributed by atoms with Crippen molar-refractivity contribution >= 4 is 17.8 Å². The fourth-order valence-corrected chi connectivity index (χ4v) is 4.53. The molecule has 2 saturated heterocycles. The topological polar surface area (TPSA) is 55.8 Å². The Hall–Kier alpha value is -1.24. The van der Waals surface area contributed by atoms with Crippen LogP contribution in [0, 0.1) is 0 Å². The van der Waals surface area contributed by atoms with Gasteiger partial charge in [0.2, 0.25) is 0 Å². The first-order valence-corrected chi connectivity index (χ1v) is 10.9. The van der Waals surface area contributed by atoms with Gasteiger partial charge in [-0.15, -0.1) is 11.8 Å². The minimum Gasteiger partial charge on any atom is -0.388 e. The zero-order valence-corrected chi connectivity index (χ0v) is 16.6. The van der Waals surface area contributed by atoms with Crippen LogP contribution in [0.25, 0.3) is 0 Å². The molecule has 1 aromatic rings. The predicted octanol–water partition coefficient (Wildman–Crippen LogP) is 2.93. The lowest BCUT2D eigenvalue weighted by atomic mass is 9.95. The molecule has 6 heteroatoms. The van der Waals surface area contributed by atoms with E-state index < -0.39 is 5.60 Å². The Labute approximate surface area is 161 Å². The molecule has 1 atom stereocenters. The summed E-state index contributed by atoms with van der Waals surface area (Å²) in [4.78, 5) is 17.8. The summed E-state index contributed by atoms with van der Waals surface area (Å²) in [5.41, 5.74) is 0.566. The van der Waals surface area contributed by atoms with Crippen LogP contribution in [0.4, 0.5) is 4.79 Å². The number of carbonyl (C=O) groups is 1. The number of aliphatic hydroxyl groups is 1. The van der Waals surface area contributed by atoms with E-state index in [0.717, 1.165) is 58.4 Å². The van der Waals surface area contributed by atoms with E-state index in [1.54, 1.807) is 11.8 Å². The molecule has 2 aliphatic heterocycles. The molecule has 2 fully saturated rings. The van der Waals surface area contributed by atoms with Gasteiger partial charge < -0.3 is 15.3 Å². The molecule has 0 aromatic heterocycles. The molecule has 2 amide bonds. The molecule has 26 heavy (non-hydrogen) atoms. The van der Waals surface area contributed by atoms with Crippen molar-refractivity contribution in [1.82, 2.24) is 15.1 Å². The first-order valence-electron chi connectivity index (χ1n) is 9.69. The molecule has 2 aliphatic rings. The molecule has 5 nitrogen and oxygen atoms in total. The lowest BCUT2D eigenvalue weighted by Gasteiger charge is -2.28. The molecule has 144 valence electrons. The lowest BCUT2D eigenvalue weighted by Crippen LogP contribution is -2.47. The van der Waals surface area contributed by atoms with Crippen molar-refractivity contribution in [3.8, 4) is 0 Å². The normalized spacial score (nSPS) is 24.5. The summed E-state index contributed by atoms with van der Waals surface area (Å²) >= 11 is 1.78. The summed E-state index contributed by atoms with van der Waals surface area (Å²) in [5.74, 6) is 0. The van der Waals surface area contributed by atoms with Gasteiger partial charge in [0.15, 0.2) is 0 Å². The lowest BCUT2D eigenvalue weighted by molar-refractivity contribution is 0.0268. The van der Waals surface area contributed by atoms with E-state index in [9.17, 15) is 9.90 Å². The third kappa shape index (κ3) is 5.15. The largest absolute Gasteiger partial charge is 0.388 e. The zero-order valence-electron chi connectivity index (χ0n) is 15.7. The molecule has 0 bridgehead atoms. The van der Waals surface area contributed by atoms with E-state index >= 15 is 0 Å². The zero-order chi connectivity index (χ0) is 18.4. The van der Waals surface area contributed by atoms with Crippen LogP contribution in [-0.2, 0) is 6.54 Å². The fourth-order valence-electron chi connectivity index (χ4n) is 3.92. The van der Waals surface area contributed by atoms with E-state index in [1.807, 2.05) is 4.90 Å². The minimum absolute atomic E-state index is 0.0223. The summed E-state index contributed by atoms with van der Waals surface area (Å²) < 4.78 is 0. The fraction of sp³-hybridized carbons (Fsp3) is 0.650. The van der Waals surface area contributed by atoms with Gasteiger partial charge in [-0.3, -0.25) is 4.90 Å². The minimum atomic E-state index is -0.789.